The van der Waals surface area contributed by atoms with E-state index in [-0.39, 0.29) is 0 Å². The third-order valence-corrected chi connectivity index (χ3v) is 5.17. The zero-order valence-corrected chi connectivity index (χ0v) is 17.0. The molecule has 1 saturated heterocycles. The van der Waals surface area contributed by atoms with Crippen molar-refractivity contribution >= 4 is 0 Å². The molecule has 1 fully saturated rings. The fourth-order valence-electron chi connectivity index (χ4n) is 3.61. The molecule has 6 heteroatoms. The first-order valence-corrected chi connectivity index (χ1v) is 10.3. The quantitative estimate of drug-likeness (QED) is 0.586. The van der Waals surface area contributed by atoms with E-state index in [1.54, 1.807) is 0 Å². The summed E-state index contributed by atoms with van der Waals surface area (Å²) in [6, 6.07) is 18.6. The number of nitrogens with zero attached hydrogens (tertiary/aromatic N) is 4. The summed E-state index contributed by atoms with van der Waals surface area (Å²) < 4.78 is 11.4. The van der Waals surface area contributed by atoms with Crippen molar-refractivity contribution < 1.29 is 9.15 Å². The van der Waals surface area contributed by atoms with Crippen LogP contribution in [0.4, 0.5) is 0 Å². The molecule has 29 heavy (non-hydrogen) atoms. The molecule has 0 aliphatic carbocycles. The third-order valence-electron chi connectivity index (χ3n) is 5.17. The lowest BCUT2D eigenvalue weighted by Gasteiger charge is -2.33. The maximum atomic E-state index is 5.85. The van der Waals surface area contributed by atoms with Crippen molar-refractivity contribution in [2.75, 3.05) is 32.8 Å². The number of benzene rings is 2. The maximum absolute atomic E-state index is 5.85. The van der Waals surface area contributed by atoms with Gasteiger partial charge in [0.05, 0.1) is 19.6 Å². The molecule has 0 amide bonds. The average molecular weight is 393 g/mol. The van der Waals surface area contributed by atoms with Crippen molar-refractivity contribution in [3.8, 4) is 5.75 Å². The van der Waals surface area contributed by atoms with Crippen LogP contribution in [0.1, 0.15) is 29.8 Å². The van der Waals surface area contributed by atoms with Gasteiger partial charge in [-0.2, -0.15) is 0 Å². The zero-order chi connectivity index (χ0) is 19.9. The van der Waals surface area contributed by atoms with Crippen LogP contribution in [0.5, 0.6) is 5.75 Å². The number of piperazine rings is 1. The van der Waals surface area contributed by atoms with Gasteiger partial charge in [0, 0.05) is 32.7 Å². The Morgan fingerprint density at radius 2 is 1.45 bits per heavy atom. The molecule has 1 aliphatic rings. The summed E-state index contributed by atoms with van der Waals surface area (Å²) in [7, 11) is 0. The van der Waals surface area contributed by atoms with Crippen LogP contribution in [-0.2, 0) is 19.5 Å². The minimum Gasteiger partial charge on any atom is -0.494 e. The molecule has 0 N–H and O–H groups in total. The van der Waals surface area contributed by atoms with Gasteiger partial charge in [0.25, 0.3) is 0 Å². The van der Waals surface area contributed by atoms with E-state index in [0.717, 1.165) is 45.0 Å². The van der Waals surface area contributed by atoms with Crippen molar-refractivity contribution in [3.05, 3.63) is 77.5 Å². The van der Waals surface area contributed by atoms with E-state index in [1.165, 1.54) is 11.1 Å². The predicted molar refractivity (Wildman–Crippen MR) is 112 cm³/mol. The molecule has 2 aromatic carbocycles. The lowest BCUT2D eigenvalue weighted by atomic mass is 10.2. The van der Waals surface area contributed by atoms with Crippen LogP contribution in [0.3, 0.4) is 0 Å². The Labute approximate surface area is 172 Å². The van der Waals surface area contributed by atoms with Crippen LogP contribution < -0.4 is 4.74 Å². The Bertz CT molecular complexity index is 871. The minimum atomic E-state index is 0.681. The number of hydrogen-bond donors (Lipinski definition) is 0. The molecule has 2 heterocycles. The molecule has 152 valence electrons. The second-order valence-electron chi connectivity index (χ2n) is 7.38. The summed E-state index contributed by atoms with van der Waals surface area (Å²) in [5, 5.41) is 8.44. The van der Waals surface area contributed by atoms with E-state index < -0.39 is 0 Å². The monoisotopic (exact) mass is 392 g/mol. The first-order chi connectivity index (χ1) is 14.3. The second-order valence-corrected chi connectivity index (χ2v) is 7.38. The highest BCUT2D eigenvalue weighted by molar-refractivity contribution is 5.27. The molecule has 0 saturated carbocycles. The SMILES string of the molecule is CCOc1ccc(CN2CCN(Cc3nnc(Cc4ccccc4)o3)CC2)cc1. The van der Waals surface area contributed by atoms with Crippen molar-refractivity contribution in [1.29, 1.82) is 0 Å². The Hall–Kier alpha value is -2.70. The first-order valence-electron chi connectivity index (χ1n) is 10.3. The van der Waals surface area contributed by atoms with Gasteiger partial charge in [-0.15, -0.1) is 10.2 Å². The van der Waals surface area contributed by atoms with Gasteiger partial charge >= 0.3 is 0 Å². The minimum absolute atomic E-state index is 0.681. The van der Waals surface area contributed by atoms with E-state index >= 15 is 0 Å². The highest BCUT2D eigenvalue weighted by Crippen LogP contribution is 2.16. The molecule has 6 nitrogen and oxygen atoms in total. The fraction of sp³-hybridized carbons (Fsp3) is 0.391. The van der Waals surface area contributed by atoms with Crippen LogP contribution >= 0.6 is 0 Å². The van der Waals surface area contributed by atoms with E-state index in [2.05, 4.69) is 56.4 Å². The normalized spacial score (nSPS) is 15.5. The van der Waals surface area contributed by atoms with Crippen molar-refractivity contribution in [1.82, 2.24) is 20.0 Å². The molecule has 0 radical (unpaired) electrons. The molecular formula is C23H28N4O2. The number of ether oxygens (including phenoxy) is 1. The van der Waals surface area contributed by atoms with Gasteiger partial charge in [0.2, 0.25) is 11.8 Å². The summed E-state index contributed by atoms with van der Waals surface area (Å²) in [5.74, 6) is 2.32. The van der Waals surface area contributed by atoms with Gasteiger partial charge < -0.3 is 9.15 Å². The van der Waals surface area contributed by atoms with Gasteiger partial charge in [-0.25, -0.2) is 0 Å². The van der Waals surface area contributed by atoms with Gasteiger partial charge in [0.15, 0.2) is 0 Å². The lowest BCUT2D eigenvalue weighted by Crippen LogP contribution is -2.45. The van der Waals surface area contributed by atoms with Gasteiger partial charge in [-0.1, -0.05) is 42.5 Å². The highest BCUT2D eigenvalue weighted by Gasteiger charge is 2.19. The Kier molecular flexibility index (Phi) is 6.54. The standard InChI is InChI=1S/C23H28N4O2/c1-2-28-21-10-8-20(9-11-21)17-26-12-14-27(15-13-26)18-23-25-24-22(29-23)16-19-6-4-3-5-7-19/h3-11H,2,12-18H2,1H3. The van der Waals surface area contributed by atoms with Crippen LogP contribution in [0, 0.1) is 0 Å². The van der Waals surface area contributed by atoms with Crippen LogP contribution in [-0.4, -0.2) is 52.8 Å². The summed E-state index contributed by atoms with van der Waals surface area (Å²) in [6.07, 6.45) is 0.684. The third kappa shape index (κ3) is 5.65. The zero-order valence-electron chi connectivity index (χ0n) is 17.0. The molecular weight excluding hydrogens is 364 g/mol. The number of rotatable bonds is 8. The lowest BCUT2D eigenvalue weighted by molar-refractivity contribution is 0.114. The smallest absolute Gasteiger partial charge is 0.230 e. The second kappa shape index (κ2) is 9.67. The molecule has 1 aromatic heterocycles. The van der Waals surface area contributed by atoms with Gasteiger partial charge in [-0.3, -0.25) is 9.80 Å². The summed E-state index contributed by atoms with van der Waals surface area (Å²) in [6.45, 7) is 8.50. The van der Waals surface area contributed by atoms with Crippen LogP contribution in [0.25, 0.3) is 0 Å². The van der Waals surface area contributed by atoms with Gasteiger partial charge in [-0.05, 0) is 30.2 Å². The molecule has 0 atom stereocenters. The molecule has 3 aromatic rings. The summed E-state index contributed by atoms with van der Waals surface area (Å²) in [4.78, 5) is 4.87. The topological polar surface area (TPSA) is 54.6 Å². The predicted octanol–water partition coefficient (Wildman–Crippen LogP) is 3.38. The largest absolute Gasteiger partial charge is 0.494 e. The Balaban J connectivity index is 1.23. The fourth-order valence-corrected chi connectivity index (χ4v) is 3.61. The molecule has 4 rings (SSSR count). The van der Waals surface area contributed by atoms with E-state index in [1.807, 2.05) is 25.1 Å². The number of hydrogen-bond acceptors (Lipinski definition) is 6. The van der Waals surface area contributed by atoms with E-state index in [9.17, 15) is 0 Å². The van der Waals surface area contributed by atoms with E-state index in [0.29, 0.717) is 24.8 Å². The van der Waals surface area contributed by atoms with Crippen molar-refractivity contribution in [2.24, 2.45) is 0 Å². The van der Waals surface area contributed by atoms with Gasteiger partial charge in [0.1, 0.15) is 5.75 Å². The Morgan fingerprint density at radius 1 is 0.793 bits per heavy atom. The molecule has 0 spiro atoms. The average Bonchev–Trinajstić information content (AvgIpc) is 3.18. The van der Waals surface area contributed by atoms with Crippen LogP contribution in [0.2, 0.25) is 0 Å². The summed E-state index contributed by atoms with van der Waals surface area (Å²) in [5.41, 5.74) is 2.51. The molecule has 0 bridgehead atoms. The van der Waals surface area contributed by atoms with Crippen molar-refractivity contribution in [2.45, 2.75) is 26.4 Å². The first kappa shape index (κ1) is 19.6. The molecule has 0 unspecified atom stereocenters. The summed E-state index contributed by atoms with van der Waals surface area (Å²) >= 11 is 0. The maximum Gasteiger partial charge on any atom is 0.230 e. The molecule has 1 aliphatic heterocycles. The Morgan fingerprint density at radius 3 is 2.14 bits per heavy atom. The van der Waals surface area contributed by atoms with E-state index in [4.69, 9.17) is 9.15 Å². The number of aromatic nitrogens is 2. The van der Waals surface area contributed by atoms with Crippen molar-refractivity contribution in [3.63, 3.8) is 0 Å². The van der Waals surface area contributed by atoms with Crippen LogP contribution in [0.15, 0.2) is 59.0 Å². The highest BCUT2D eigenvalue weighted by atomic mass is 16.5.